The van der Waals surface area contributed by atoms with Crippen molar-refractivity contribution in [2.24, 2.45) is 0 Å². The van der Waals surface area contributed by atoms with Crippen LogP contribution in [0, 0.1) is 20.8 Å². The van der Waals surface area contributed by atoms with E-state index in [-0.39, 0.29) is 11.8 Å². The second-order valence-corrected chi connectivity index (χ2v) is 6.49. The smallest absolute Gasteiger partial charge is 0.255 e. The summed E-state index contributed by atoms with van der Waals surface area (Å²) in [4.78, 5) is 26.0. The van der Waals surface area contributed by atoms with Gasteiger partial charge in [-0.05, 0) is 62.1 Å². The van der Waals surface area contributed by atoms with Crippen LogP contribution in [0.15, 0.2) is 30.3 Å². The van der Waals surface area contributed by atoms with Crippen LogP contribution in [0.4, 0.5) is 11.4 Å². The van der Waals surface area contributed by atoms with Crippen LogP contribution in [0.1, 0.15) is 39.5 Å². The van der Waals surface area contributed by atoms with E-state index >= 15 is 0 Å². The van der Waals surface area contributed by atoms with Crippen molar-refractivity contribution < 1.29 is 9.59 Å². The van der Waals surface area contributed by atoms with Gasteiger partial charge in [-0.2, -0.15) is 0 Å². The third kappa shape index (κ3) is 2.92. The average molecular weight is 322 g/mol. The summed E-state index contributed by atoms with van der Waals surface area (Å²) in [7, 11) is 0. The molecular weight excluding hydrogens is 300 g/mol. The Balaban J connectivity index is 1.86. The molecule has 4 nitrogen and oxygen atoms in total. The van der Waals surface area contributed by atoms with Gasteiger partial charge in [0.25, 0.3) is 5.91 Å². The van der Waals surface area contributed by atoms with Crippen molar-refractivity contribution in [2.75, 3.05) is 16.8 Å². The van der Waals surface area contributed by atoms with Gasteiger partial charge >= 0.3 is 0 Å². The van der Waals surface area contributed by atoms with Crippen molar-refractivity contribution in [3.63, 3.8) is 0 Å². The van der Waals surface area contributed by atoms with Crippen LogP contribution in [-0.4, -0.2) is 18.4 Å². The van der Waals surface area contributed by atoms with Crippen molar-refractivity contribution in [3.8, 4) is 0 Å². The number of anilines is 2. The van der Waals surface area contributed by atoms with Crippen LogP contribution < -0.4 is 10.2 Å². The molecular formula is C20H22N2O2. The Labute approximate surface area is 142 Å². The number of benzene rings is 2. The Morgan fingerprint density at radius 3 is 2.33 bits per heavy atom. The van der Waals surface area contributed by atoms with Gasteiger partial charge in [-0.15, -0.1) is 0 Å². The molecule has 0 bridgehead atoms. The zero-order valence-electron chi connectivity index (χ0n) is 14.6. The lowest BCUT2D eigenvalue weighted by molar-refractivity contribution is -0.116. The van der Waals surface area contributed by atoms with Gasteiger partial charge in [0, 0.05) is 30.4 Å². The zero-order chi connectivity index (χ0) is 17.4. The molecule has 1 aliphatic rings. The van der Waals surface area contributed by atoms with E-state index < -0.39 is 0 Å². The third-order valence-electron chi connectivity index (χ3n) is 4.53. The topological polar surface area (TPSA) is 49.4 Å². The molecule has 0 aromatic heterocycles. The number of aryl methyl sites for hydroxylation is 3. The summed E-state index contributed by atoms with van der Waals surface area (Å²) in [6.07, 6.45) is 0.790. The fourth-order valence-electron chi connectivity index (χ4n) is 3.43. The predicted molar refractivity (Wildman–Crippen MR) is 96.8 cm³/mol. The maximum Gasteiger partial charge on any atom is 0.255 e. The van der Waals surface area contributed by atoms with Gasteiger partial charge in [0.2, 0.25) is 5.91 Å². The van der Waals surface area contributed by atoms with Crippen LogP contribution in [0.2, 0.25) is 0 Å². The fraction of sp³-hybridized carbons (Fsp3) is 0.300. The predicted octanol–water partition coefficient (Wildman–Crippen LogP) is 3.77. The molecule has 2 amide bonds. The lowest BCUT2D eigenvalue weighted by Gasteiger charge is -2.15. The fourth-order valence-corrected chi connectivity index (χ4v) is 3.43. The molecule has 1 aliphatic heterocycles. The van der Waals surface area contributed by atoms with Gasteiger partial charge < -0.3 is 10.2 Å². The van der Waals surface area contributed by atoms with Gasteiger partial charge in [0.1, 0.15) is 0 Å². The Hall–Kier alpha value is -2.62. The second-order valence-electron chi connectivity index (χ2n) is 6.49. The first-order valence-corrected chi connectivity index (χ1v) is 8.17. The van der Waals surface area contributed by atoms with Crippen LogP contribution in [-0.2, 0) is 11.2 Å². The molecule has 4 heteroatoms. The zero-order valence-corrected chi connectivity index (χ0v) is 14.6. The van der Waals surface area contributed by atoms with E-state index in [1.807, 2.05) is 32.9 Å². The van der Waals surface area contributed by atoms with E-state index in [0.29, 0.717) is 12.1 Å². The van der Waals surface area contributed by atoms with E-state index in [1.54, 1.807) is 17.9 Å². The molecule has 0 saturated heterocycles. The molecule has 0 aliphatic carbocycles. The summed E-state index contributed by atoms with van der Waals surface area (Å²) in [5.74, 6) is -0.0778. The monoisotopic (exact) mass is 322 g/mol. The summed E-state index contributed by atoms with van der Waals surface area (Å²) in [5.41, 5.74) is 6.77. The number of nitrogens with one attached hydrogen (secondary N) is 1. The number of carbonyl (C=O) groups is 2. The van der Waals surface area contributed by atoms with Crippen molar-refractivity contribution in [3.05, 3.63) is 58.1 Å². The van der Waals surface area contributed by atoms with Crippen LogP contribution in [0.25, 0.3) is 0 Å². The summed E-state index contributed by atoms with van der Waals surface area (Å²) >= 11 is 0. The molecule has 24 heavy (non-hydrogen) atoms. The number of carbonyl (C=O) groups excluding carboxylic acids is 2. The highest BCUT2D eigenvalue weighted by Crippen LogP contribution is 2.29. The Kier molecular flexibility index (Phi) is 4.14. The van der Waals surface area contributed by atoms with Crippen molar-refractivity contribution in [1.82, 2.24) is 0 Å². The lowest BCUT2D eigenvalue weighted by Crippen LogP contribution is -2.25. The molecule has 0 saturated carbocycles. The minimum Gasteiger partial charge on any atom is -0.322 e. The number of amides is 2. The molecule has 124 valence electrons. The number of hydrogen-bond donors (Lipinski definition) is 1. The molecule has 0 atom stereocenters. The largest absolute Gasteiger partial charge is 0.322 e. The Morgan fingerprint density at radius 1 is 1.04 bits per heavy atom. The molecule has 2 aromatic carbocycles. The average Bonchev–Trinajstić information content (AvgIpc) is 2.93. The summed E-state index contributed by atoms with van der Waals surface area (Å²) in [6, 6.07) is 9.68. The quantitative estimate of drug-likeness (QED) is 0.915. The maximum absolute atomic E-state index is 12.6. The maximum atomic E-state index is 12.6. The number of hydrogen-bond acceptors (Lipinski definition) is 2. The Morgan fingerprint density at radius 2 is 1.71 bits per heavy atom. The minimum absolute atomic E-state index is 0.0388. The van der Waals surface area contributed by atoms with Crippen molar-refractivity contribution in [2.45, 2.75) is 34.1 Å². The van der Waals surface area contributed by atoms with E-state index in [1.165, 1.54) is 5.56 Å². The van der Waals surface area contributed by atoms with E-state index in [9.17, 15) is 9.59 Å². The standard InChI is InChI=1S/C20H22N2O2/c1-12-9-13(2)19(14(3)10-12)21-20(24)17-5-6-18-16(11-17)7-8-22(18)15(4)23/h5-6,9-11H,7-8H2,1-4H3,(H,21,24). The molecule has 0 radical (unpaired) electrons. The highest BCUT2D eigenvalue weighted by molar-refractivity contribution is 6.06. The molecule has 0 spiro atoms. The normalized spacial score (nSPS) is 12.9. The van der Waals surface area contributed by atoms with E-state index in [4.69, 9.17) is 0 Å². The SMILES string of the molecule is CC(=O)N1CCc2cc(C(=O)Nc3c(C)cc(C)cc3C)ccc21. The summed E-state index contributed by atoms with van der Waals surface area (Å²) in [6.45, 7) is 8.31. The van der Waals surface area contributed by atoms with Gasteiger partial charge in [-0.1, -0.05) is 17.7 Å². The van der Waals surface area contributed by atoms with Crippen LogP contribution in [0.5, 0.6) is 0 Å². The number of fused-ring (bicyclic) bond motifs is 1. The molecule has 3 rings (SSSR count). The highest BCUT2D eigenvalue weighted by Gasteiger charge is 2.23. The van der Waals surface area contributed by atoms with E-state index in [2.05, 4.69) is 17.4 Å². The highest BCUT2D eigenvalue weighted by atomic mass is 16.2. The summed E-state index contributed by atoms with van der Waals surface area (Å²) in [5, 5.41) is 3.03. The molecule has 2 aromatic rings. The molecule has 1 N–H and O–H groups in total. The first-order valence-electron chi connectivity index (χ1n) is 8.17. The van der Waals surface area contributed by atoms with Gasteiger partial charge in [0.05, 0.1) is 0 Å². The Bertz CT molecular complexity index is 817. The van der Waals surface area contributed by atoms with Crippen LogP contribution in [0.3, 0.4) is 0 Å². The van der Waals surface area contributed by atoms with E-state index in [0.717, 1.165) is 34.5 Å². The molecule has 0 unspecified atom stereocenters. The number of nitrogens with zero attached hydrogens (tertiary/aromatic N) is 1. The van der Waals surface area contributed by atoms with Gasteiger partial charge in [-0.3, -0.25) is 9.59 Å². The van der Waals surface area contributed by atoms with Crippen molar-refractivity contribution >= 4 is 23.2 Å². The van der Waals surface area contributed by atoms with Gasteiger partial charge in [0.15, 0.2) is 0 Å². The van der Waals surface area contributed by atoms with Crippen molar-refractivity contribution in [1.29, 1.82) is 0 Å². The second kappa shape index (κ2) is 6.11. The first kappa shape index (κ1) is 16.2. The minimum atomic E-state index is -0.117. The summed E-state index contributed by atoms with van der Waals surface area (Å²) < 4.78 is 0. The molecule has 1 heterocycles. The molecule has 0 fully saturated rings. The van der Waals surface area contributed by atoms with Gasteiger partial charge in [-0.25, -0.2) is 0 Å². The first-order chi connectivity index (χ1) is 11.4. The number of rotatable bonds is 2. The van der Waals surface area contributed by atoms with Crippen LogP contribution >= 0.6 is 0 Å². The lowest BCUT2D eigenvalue weighted by atomic mass is 10.0. The third-order valence-corrected chi connectivity index (χ3v) is 4.53.